The third-order valence-corrected chi connectivity index (χ3v) is 12.0. The van der Waals surface area contributed by atoms with Gasteiger partial charge in [0.2, 0.25) is 0 Å². The number of nitrogens with zero attached hydrogens (tertiary/aromatic N) is 2. The Hall–Kier alpha value is -8.20. The van der Waals surface area contributed by atoms with E-state index in [0.29, 0.717) is 0 Å². The molecular formula is C60H42N2. The van der Waals surface area contributed by atoms with Gasteiger partial charge >= 0.3 is 0 Å². The van der Waals surface area contributed by atoms with Crippen molar-refractivity contribution >= 4 is 38.9 Å². The zero-order chi connectivity index (χ0) is 41.2. The summed E-state index contributed by atoms with van der Waals surface area (Å²) in [5.74, 6) is 0. The van der Waals surface area contributed by atoms with Crippen molar-refractivity contribution in [3.05, 3.63) is 255 Å². The molecule has 2 heteroatoms. The molecule has 0 saturated carbocycles. The van der Waals surface area contributed by atoms with Gasteiger partial charge < -0.3 is 9.47 Å². The first-order valence-electron chi connectivity index (χ1n) is 21.3. The van der Waals surface area contributed by atoms with Crippen molar-refractivity contribution in [1.29, 1.82) is 0 Å². The van der Waals surface area contributed by atoms with Crippen LogP contribution < -0.4 is 4.90 Å². The van der Waals surface area contributed by atoms with Crippen LogP contribution in [-0.2, 0) is 0 Å². The van der Waals surface area contributed by atoms with Crippen molar-refractivity contribution < 1.29 is 0 Å². The fraction of sp³-hybridized carbons (Fsp3) is 0. The zero-order valence-corrected chi connectivity index (χ0v) is 34.1. The molecule has 0 radical (unpaired) electrons. The third-order valence-electron chi connectivity index (χ3n) is 12.0. The van der Waals surface area contributed by atoms with E-state index < -0.39 is 0 Å². The van der Waals surface area contributed by atoms with Gasteiger partial charge in [-0.1, -0.05) is 206 Å². The van der Waals surface area contributed by atoms with E-state index >= 15 is 0 Å². The second-order valence-electron chi connectivity index (χ2n) is 15.7. The summed E-state index contributed by atoms with van der Waals surface area (Å²) in [6.45, 7) is 0. The number of anilines is 3. The smallest absolute Gasteiger partial charge is 0.0562 e. The lowest BCUT2D eigenvalue weighted by Gasteiger charge is -2.27. The molecule has 292 valence electrons. The highest BCUT2D eigenvalue weighted by atomic mass is 15.1. The molecule has 0 saturated heterocycles. The summed E-state index contributed by atoms with van der Waals surface area (Å²) in [4.78, 5) is 2.41. The number of benzene rings is 10. The Morgan fingerprint density at radius 3 is 1.39 bits per heavy atom. The van der Waals surface area contributed by atoms with E-state index in [1.54, 1.807) is 0 Å². The molecule has 11 rings (SSSR count). The molecule has 0 aliphatic carbocycles. The van der Waals surface area contributed by atoms with Gasteiger partial charge in [0.15, 0.2) is 0 Å². The molecule has 0 spiro atoms. The Kier molecular flexibility index (Phi) is 9.57. The molecule has 0 bridgehead atoms. The van der Waals surface area contributed by atoms with Crippen molar-refractivity contribution in [3.63, 3.8) is 0 Å². The van der Waals surface area contributed by atoms with Crippen molar-refractivity contribution in [3.8, 4) is 61.3 Å². The van der Waals surface area contributed by atoms with E-state index in [1.165, 1.54) is 66.4 Å². The van der Waals surface area contributed by atoms with E-state index in [2.05, 4.69) is 264 Å². The first-order chi connectivity index (χ1) is 30.8. The Morgan fingerprint density at radius 2 is 0.710 bits per heavy atom. The van der Waals surface area contributed by atoms with Crippen LogP contribution in [0.15, 0.2) is 255 Å². The van der Waals surface area contributed by atoms with Gasteiger partial charge in [-0.15, -0.1) is 0 Å². The maximum atomic E-state index is 2.48. The number of hydrogen-bond acceptors (Lipinski definition) is 1. The lowest BCUT2D eigenvalue weighted by molar-refractivity contribution is 1.18. The van der Waals surface area contributed by atoms with Crippen LogP contribution >= 0.6 is 0 Å². The lowest BCUT2D eigenvalue weighted by atomic mass is 9.94. The van der Waals surface area contributed by atoms with Gasteiger partial charge in [-0.3, -0.25) is 0 Å². The predicted octanol–water partition coefficient (Wildman–Crippen LogP) is 16.6. The van der Waals surface area contributed by atoms with Crippen LogP contribution in [0, 0.1) is 0 Å². The van der Waals surface area contributed by atoms with Crippen LogP contribution in [0.1, 0.15) is 0 Å². The first-order valence-corrected chi connectivity index (χ1v) is 21.3. The molecule has 0 fully saturated rings. The van der Waals surface area contributed by atoms with Crippen LogP contribution in [0.3, 0.4) is 0 Å². The average molecular weight is 791 g/mol. The van der Waals surface area contributed by atoms with E-state index in [4.69, 9.17) is 0 Å². The van der Waals surface area contributed by atoms with Gasteiger partial charge in [-0.2, -0.15) is 0 Å². The maximum Gasteiger partial charge on any atom is 0.0562 e. The molecule has 0 atom stereocenters. The SMILES string of the molecule is c1ccc(-c2ccc(N(c3cccc(-c4ccccc4-c4ccccc4)c3)c3ccc4c5ccccc5n(-c5cc(-c6ccccc6)ccc5-c5ccccc5)c4c3)cc2)cc1. The second-order valence-corrected chi connectivity index (χ2v) is 15.7. The minimum Gasteiger partial charge on any atom is -0.310 e. The third kappa shape index (κ3) is 6.84. The number of fused-ring (bicyclic) bond motifs is 3. The monoisotopic (exact) mass is 790 g/mol. The molecule has 0 aliphatic heterocycles. The number of hydrogen-bond donors (Lipinski definition) is 0. The fourth-order valence-corrected chi connectivity index (χ4v) is 9.04. The summed E-state index contributed by atoms with van der Waals surface area (Å²) >= 11 is 0. The summed E-state index contributed by atoms with van der Waals surface area (Å²) in [7, 11) is 0. The van der Waals surface area contributed by atoms with E-state index in [0.717, 1.165) is 33.8 Å². The van der Waals surface area contributed by atoms with Crippen molar-refractivity contribution in [2.75, 3.05) is 4.90 Å². The molecule has 0 aliphatic rings. The highest BCUT2D eigenvalue weighted by Gasteiger charge is 2.21. The Balaban J connectivity index is 1.14. The van der Waals surface area contributed by atoms with Crippen molar-refractivity contribution in [1.82, 2.24) is 4.57 Å². The quantitative estimate of drug-likeness (QED) is 0.141. The predicted molar refractivity (Wildman–Crippen MR) is 263 cm³/mol. The summed E-state index contributed by atoms with van der Waals surface area (Å²) in [5, 5.41) is 2.43. The van der Waals surface area contributed by atoms with Crippen LogP contribution in [0.4, 0.5) is 17.1 Å². The van der Waals surface area contributed by atoms with Gasteiger partial charge in [0, 0.05) is 33.4 Å². The lowest BCUT2D eigenvalue weighted by Crippen LogP contribution is -2.10. The van der Waals surface area contributed by atoms with Crippen LogP contribution in [0.2, 0.25) is 0 Å². The average Bonchev–Trinajstić information content (AvgIpc) is 3.69. The highest BCUT2D eigenvalue weighted by Crippen LogP contribution is 2.43. The molecule has 62 heavy (non-hydrogen) atoms. The Bertz CT molecular complexity index is 3310. The summed E-state index contributed by atoms with van der Waals surface area (Å²) in [5.41, 5.74) is 18.5. The van der Waals surface area contributed by atoms with E-state index in [9.17, 15) is 0 Å². The largest absolute Gasteiger partial charge is 0.310 e. The molecule has 0 N–H and O–H groups in total. The second kappa shape index (κ2) is 16.1. The van der Waals surface area contributed by atoms with Crippen molar-refractivity contribution in [2.45, 2.75) is 0 Å². The molecular weight excluding hydrogens is 749 g/mol. The number of para-hydroxylation sites is 1. The van der Waals surface area contributed by atoms with Crippen LogP contribution in [-0.4, -0.2) is 4.57 Å². The van der Waals surface area contributed by atoms with Gasteiger partial charge in [-0.05, 0) is 98.6 Å². The van der Waals surface area contributed by atoms with Gasteiger partial charge in [-0.25, -0.2) is 0 Å². The van der Waals surface area contributed by atoms with Crippen molar-refractivity contribution in [2.24, 2.45) is 0 Å². The Labute approximate surface area is 362 Å². The van der Waals surface area contributed by atoms with E-state index in [1.807, 2.05) is 0 Å². The van der Waals surface area contributed by atoms with Crippen LogP contribution in [0.25, 0.3) is 83.1 Å². The molecule has 11 aromatic rings. The normalized spacial score (nSPS) is 11.2. The molecule has 1 heterocycles. The fourth-order valence-electron chi connectivity index (χ4n) is 9.04. The summed E-state index contributed by atoms with van der Waals surface area (Å²) < 4.78 is 2.48. The summed E-state index contributed by atoms with van der Waals surface area (Å²) in [6.07, 6.45) is 0. The Morgan fingerprint density at radius 1 is 0.242 bits per heavy atom. The van der Waals surface area contributed by atoms with E-state index in [-0.39, 0.29) is 0 Å². The molecule has 10 aromatic carbocycles. The zero-order valence-electron chi connectivity index (χ0n) is 34.1. The summed E-state index contributed by atoms with van der Waals surface area (Å²) in [6, 6.07) is 92.1. The maximum absolute atomic E-state index is 2.48. The van der Waals surface area contributed by atoms with Crippen LogP contribution in [0.5, 0.6) is 0 Å². The molecule has 0 amide bonds. The molecule has 1 aromatic heterocycles. The van der Waals surface area contributed by atoms with Gasteiger partial charge in [0.1, 0.15) is 0 Å². The number of aromatic nitrogens is 1. The van der Waals surface area contributed by atoms with Gasteiger partial charge in [0.05, 0.1) is 16.7 Å². The molecule has 0 unspecified atom stereocenters. The number of rotatable bonds is 9. The topological polar surface area (TPSA) is 8.17 Å². The van der Waals surface area contributed by atoms with Gasteiger partial charge in [0.25, 0.3) is 0 Å². The standard InChI is InChI=1S/C60H42N2/c1-5-18-43(19-6-1)45-32-35-50(36-33-45)61(51-27-17-26-49(40-51)54-29-14-13-28-53(54)46-22-9-3-10-23-46)52-37-39-57-56-30-15-16-31-58(56)62(60(57)42-52)59-41-48(44-20-7-2-8-21-44)34-38-55(59)47-24-11-4-12-25-47/h1-42H. The molecule has 2 nitrogen and oxygen atoms in total. The highest BCUT2D eigenvalue weighted by molar-refractivity contribution is 6.11. The minimum atomic E-state index is 1.07. The first kappa shape index (κ1) is 36.8. The minimum absolute atomic E-state index is 1.07.